The molecule has 1 heterocycles. The molecule has 26 heavy (non-hydrogen) atoms. The smallest absolute Gasteiger partial charge is 0.171 e. The van der Waals surface area contributed by atoms with Gasteiger partial charge in [-0.25, -0.2) is 0 Å². The third-order valence-electron chi connectivity index (χ3n) is 4.29. The summed E-state index contributed by atoms with van der Waals surface area (Å²) in [4.78, 5) is 12.1. The highest BCUT2D eigenvalue weighted by Crippen LogP contribution is 2.30. The Morgan fingerprint density at radius 1 is 1.00 bits per heavy atom. The van der Waals surface area contributed by atoms with Crippen molar-refractivity contribution in [1.82, 2.24) is 10.6 Å². The number of ether oxygens (including phenoxy) is 1. The lowest BCUT2D eigenvalue weighted by Crippen LogP contribution is -2.44. The van der Waals surface area contributed by atoms with Gasteiger partial charge in [0, 0.05) is 11.3 Å². The largest absolute Gasteiger partial charge is 0.457 e. The van der Waals surface area contributed by atoms with Crippen molar-refractivity contribution in [1.29, 1.82) is 0 Å². The van der Waals surface area contributed by atoms with Crippen molar-refractivity contribution >= 4 is 23.1 Å². The quantitative estimate of drug-likeness (QED) is 0.782. The zero-order valence-corrected chi connectivity index (χ0v) is 16.2. The predicted molar refractivity (Wildman–Crippen MR) is 107 cm³/mol. The van der Waals surface area contributed by atoms with Gasteiger partial charge in [-0.05, 0) is 80.9 Å². The lowest BCUT2D eigenvalue weighted by Gasteiger charge is -2.29. The summed E-state index contributed by atoms with van der Waals surface area (Å²) in [5.41, 5.74) is 4.78. The van der Waals surface area contributed by atoms with Crippen LogP contribution in [0.2, 0.25) is 0 Å². The summed E-state index contributed by atoms with van der Waals surface area (Å²) < 4.78 is 5.96. The molecule has 1 atom stereocenters. The molecule has 2 aromatic rings. The molecule has 0 radical (unpaired) electrons. The number of hydrogen-bond donors (Lipinski definition) is 2. The van der Waals surface area contributed by atoms with Gasteiger partial charge >= 0.3 is 0 Å². The van der Waals surface area contributed by atoms with Crippen molar-refractivity contribution in [3.63, 3.8) is 0 Å². The lowest BCUT2D eigenvalue weighted by molar-refractivity contribution is -0.114. The van der Waals surface area contributed by atoms with Crippen molar-refractivity contribution in [2.24, 2.45) is 0 Å². The van der Waals surface area contributed by atoms with Gasteiger partial charge in [0.25, 0.3) is 0 Å². The van der Waals surface area contributed by atoms with Crippen LogP contribution in [0, 0.1) is 13.8 Å². The molecule has 4 nitrogen and oxygen atoms in total. The summed E-state index contributed by atoms with van der Waals surface area (Å²) in [6.45, 7) is 7.54. The van der Waals surface area contributed by atoms with Crippen LogP contribution in [0.1, 0.15) is 36.6 Å². The first-order valence-corrected chi connectivity index (χ1v) is 8.89. The molecule has 5 heteroatoms. The molecule has 1 aliphatic heterocycles. The van der Waals surface area contributed by atoms with E-state index in [0.717, 1.165) is 33.9 Å². The summed E-state index contributed by atoms with van der Waals surface area (Å²) in [7, 11) is 0. The molecule has 1 aliphatic rings. The van der Waals surface area contributed by atoms with Gasteiger partial charge in [0.05, 0.1) is 6.04 Å². The maximum atomic E-state index is 12.1. The second-order valence-electron chi connectivity index (χ2n) is 6.62. The van der Waals surface area contributed by atoms with Gasteiger partial charge in [0.2, 0.25) is 0 Å². The van der Waals surface area contributed by atoms with Crippen molar-refractivity contribution < 1.29 is 9.53 Å². The highest BCUT2D eigenvalue weighted by molar-refractivity contribution is 7.80. The fourth-order valence-corrected chi connectivity index (χ4v) is 3.54. The van der Waals surface area contributed by atoms with Crippen LogP contribution in [0.4, 0.5) is 0 Å². The Hall–Kier alpha value is -2.66. The normalized spacial score (nSPS) is 16.8. The molecule has 2 aromatic carbocycles. The molecular formula is C21H22N2O2S. The monoisotopic (exact) mass is 366 g/mol. The molecule has 3 rings (SSSR count). The average Bonchev–Trinajstić information content (AvgIpc) is 2.53. The minimum absolute atomic E-state index is 0.0190. The van der Waals surface area contributed by atoms with E-state index in [1.165, 1.54) is 0 Å². The Morgan fingerprint density at radius 2 is 1.62 bits per heavy atom. The fraction of sp³-hybridized carbons (Fsp3) is 0.238. The van der Waals surface area contributed by atoms with Crippen LogP contribution in [0.3, 0.4) is 0 Å². The first kappa shape index (κ1) is 18.1. The number of thiocarbonyl (C=S) groups is 1. The van der Waals surface area contributed by atoms with Gasteiger partial charge in [-0.2, -0.15) is 0 Å². The van der Waals surface area contributed by atoms with E-state index < -0.39 is 0 Å². The van der Waals surface area contributed by atoms with E-state index in [1.54, 1.807) is 6.92 Å². The molecule has 0 amide bonds. The van der Waals surface area contributed by atoms with Gasteiger partial charge < -0.3 is 15.4 Å². The van der Waals surface area contributed by atoms with Crippen LogP contribution in [0.25, 0.3) is 0 Å². The summed E-state index contributed by atoms with van der Waals surface area (Å²) in [5, 5.41) is 6.72. The predicted octanol–water partition coefficient (Wildman–Crippen LogP) is 4.48. The molecule has 0 aliphatic carbocycles. The molecule has 0 spiro atoms. The second kappa shape index (κ2) is 7.30. The van der Waals surface area contributed by atoms with Gasteiger partial charge in [-0.1, -0.05) is 18.2 Å². The number of carbonyl (C=O) groups is 1. The van der Waals surface area contributed by atoms with E-state index in [2.05, 4.69) is 16.7 Å². The first-order chi connectivity index (χ1) is 12.3. The Balaban J connectivity index is 1.86. The van der Waals surface area contributed by atoms with Crippen LogP contribution in [0.5, 0.6) is 11.5 Å². The van der Waals surface area contributed by atoms with E-state index in [-0.39, 0.29) is 11.8 Å². The van der Waals surface area contributed by atoms with Gasteiger partial charge in [0.1, 0.15) is 11.5 Å². The number of carbonyl (C=O) groups excluding carboxylic acids is 1. The Kier molecular flexibility index (Phi) is 5.09. The molecule has 0 fully saturated rings. The summed E-state index contributed by atoms with van der Waals surface area (Å²) in [6.07, 6.45) is 0. The zero-order valence-electron chi connectivity index (χ0n) is 15.3. The van der Waals surface area contributed by atoms with Gasteiger partial charge in [0.15, 0.2) is 10.9 Å². The highest BCUT2D eigenvalue weighted by atomic mass is 32.1. The number of rotatable bonds is 4. The number of hydrogen-bond acceptors (Lipinski definition) is 3. The minimum atomic E-state index is -0.253. The maximum absolute atomic E-state index is 12.1. The van der Waals surface area contributed by atoms with Crippen LogP contribution < -0.4 is 15.4 Å². The van der Waals surface area contributed by atoms with E-state index in [4.69, 9.17) is 17.0 Å². The Labute approximate surface area is 159 Å². The van der Waals surface area contributed by atoms with E-state index in [9.17, 15) is 4.79 Å². The first-order valence-electron chi connectivity index (χ1n) is 8.49. The van der Waals surface area contributed by atoms with Crippen LogP contribution >= 0.6 is 12.2 Å². The number of nitrogens with one attached hydrogen (secondary N) is 2. The van der Waals surface area contributed by atoms with Gasteiger partial charge in [-0.3, -0.25) is 4.79 Å². The summed E-state index contributed by atoms with van der Waals surface area (Å²) in [6, 6.07) is 13.6. The fourth-order valence-electron chi connectivity index (χ4n) is 3.27. The molecular weight excluding hydrogens is 344 g/mol. The third-order valence-corrected chi connectivity index (χ3v) is 4.51. The number of benzene rings is 2. The number of Topliss-reactive ketones (excluding diaryl/α,β-unsaturated/α-hetero) is 1. The zero-order chi connectivity index (χ0) is 18.8. The molecule has 1 unspecified atom stereocenters. The minimum Gasteiger partial charge on any atom is -0.457 e. The molecule has 134 valence electrons. The topological polar surface area (TPSA) is 50.4 Å². The Morgan fingerprint density at radius 3 is 2.19 bits per heavy atom. The van der Waals surface area contributed by atoms with E-state index in [1.807, 2.05) is 57.2 Å². The molecule has 0 saturated heterocycles. The van der Waals surface area contributed by atoms with Crippen molar-refractivity contribution in [3.05, 3.63) is 70.4 Å². The van der Waals surface area contributed by atoms with Crippen LogP contribution in [-0.2, 0) is 4.79 Å². The van der Waals surface area contributed by atoms with Crippen molar-refractivity contribution in [2.45, 2.75) is 33.7 Å². The summed E-state index contributed by atoms with van der Waals surface area (Å²) >= 11 is 5.24. The van der Waals surface area contributed by atoms with Crippen molar-refractivity contribution in [2.75, 3.05) is 0 Å². The lowest BCUT2D eigenvalue weighted by atomic mass is 9.93. The Bertz CT molecular complexity index is 880. The number of ketones is 1. The molecule has 2 N–H and O–H groups in total. The number of aryl methyl sites for hydroxylation is 2. The van der Waals surface area contributed by atoms with Crippen LogP contribution in [-0.4, -0.2) is 10.9 Å². The average molecular weight is 366 g/mol. The van der Waals surface area contributed by atoms with E-state index >= 15 is 0 Å². The third kappa shape index (κ3) is 3.94. The van der Waals surface area contributed by atoms with Crippen LogP contribution in [0.15, 0.2) is 53.7 Å². The molecule has 0 saturated carbocycles. The molecule has 0 bridgehead atoms. The standard InChI is InChI=1S/C21H22N2O2S/c1-12-9-13(2)11-18(10-12)25-17-7-5-16(6-8-17)20-19(15(4)24)14(3)22-21(26)23-20/h5-11,20H,1-4H3,(H2,22,23,26). The number of allylic oxidation sites excluding steroid dienone is 1. The van der Waals surface area contributed by atoms with E-state index in [0.29, 0.717) is 10.7 Å². The molecule has 0 aromatic heterocycles. The highest BCUT2D eigenvalue weighted by Gasteiger charge is 2.27. The van der Waals surface area contributed by atoms with Gasteiger partial charge in [-0.15, -0.1) is 0 Å². The summed E-state index contributed by atoms with van der Waals surface area (Å²) in [5.74, 6) is 1.59. The SMILES string of the molecule is CC(=O)C1=C(C)NC(=S)NC1c1ccc(Oc2cc(C)cc(C)c2)cc1. The second-order valence-corrected chi connectivity index (χ2v) is 7.03. The maximum Gasteiger partial charge on any atom is 0.171 e. The van der Waals surface area contributed by atoms with Crippen molar-refractivity contribution in [3.8, 4) is 11.5 Å².